The summed E-state index contributed by atoms with van der Waals surface area (Å²) in [5.41, 5.74) is -19.1. The molecule has 20 heteroatoms. The van der Waals surface area contributed by atoms with E-state index in [0.717, 1.165) is 0 Å². The summed E-state index contributed by atoms with van der Waals surface area (Å²) in [4.78, 5) is 0. The minimum atomic E-state index is -7.13. The first-order valence-electron chi connectivity index (χ1n) is 9.21. The summed E-state index contributed by atoms with van der Waals surface area (Å²) in [7, 11) is -12.1. The quantitative estimate of drug-likeness (QED) is 0.199. The molecular weight excluding hydrogens is 604 g/mol. The Labute approximate surface area is 206 Å². The van der Waals surface area contributed by atoms with Crippen LogP contribution in [0.25, 0.3) is 0 Å². The Morgan fingerprint density at radius 2 is 0.816 bits per heavy atom. The first-order valence-corrected chi connectivity index (χ1v) is 12.4. The topological polar surface area (TPSA) is 86.7 Å². The molecule has 0 N–H and O–H groups in total. The average Bonchev–Trinajstić information content (AvgIpc) is 2.66. The van der Waals surface area contributed by atoms with E-state index >= 15 is 0 Å². The lowest BCUT2D eigenvalue weighted by molar-refractivity contribution is -0.375. The molecule has 0 fully saturated rings. The van der Waals surface area contributed by atoms with E-state index in [1.165, 1.54) is 0 Å². The smallest absolute Gasteiger partial charge is 0.239 e. The molecule has 6 nitrogen and oxygen atoms in total. The molecule has 0 atom stereocenters. The highest BCUT2D eigenvalue weighted by Gasteiger charge is 2.81. The van der Waals surface area contributed by atoms with Crippen LogP contribution in [0.3, 0.4) is 0 Å². The lowest BCUT2D eigenvalue weighted by Crippen LogP contribution is -2.61. The Hall–Kier alpha value is -2.32. The van der Waals surface area contributed by atoms with Gasteiger partial charge in [0.15, 0.2) is 0 Å². The average molecular weight is 618 g/mol. The van der Waals surface area contributed by atoms with Crippen LogP contribution < -0.4 is 0 Å². The molecule has 0 amide bonds. The van der Waals surface area contributed by atoms with Gasteiger partial charge in [-0.3, -0.25) is 0 Å². The largest absolute Gasteiger partial charge is 0.432 e. The summed E-state index contributed by atoms with van der Waals surface area (Å²) in [5, 5.41) is 0. The molecule has 0 radical (unpaired) electrons. The molecule has 218 valence electrons. The van der Waals surface area contributed by atoms with Crippen LogP contribution in [0.4, 0.5) is 52.7 Å². The summed E-state index contributed by atoms with van der Waals surface area (Å²) >= 11 is 0. The van der Waals surface area contributed by atoms with E-state index in [1.54, 1.807) is 0 Å². The van der Waals surface area contributed by atoms with Gasteiger partial charge in [0.25, 0.3) is 20.2 Å². The van der Waals surface area contributed by atoms with Crippen molar-refractivity contribution in [3.05, 3.63) is 60.7 Å². The molecule has 0 aliphatic heterocycles. The maximum atomic E-state index is 14.1. The number of rotatable bonds is 10. The molecule has 38 heavy (non-hydrogen) atoms. The molecule has 0 aliphatic carbocycles. The van der Waals surface area contributed by atoms with E-state index in [1.807, 2.05) is 0 Å². The minimum absolute atomic E-state index is 0.0876. The summed E-state index contributed by atoms with van der Waals surface area (Å²) in [5.74, 6) is -3.62. The number of hydrogen-bond donors (Lipinski definition) is 0. The van der Waals surface area contributed by atoms with Gasteiger partial charge in [-0.05, 0) is 0 Å². The fraction of sp³-hybridized carbons (Fsp3) is 0.444. The van der Waals surface area contributed by atoms with E-state index in [0.29, 0.717) is 0 Å². The molecule has 0 spiro atoms. The normalized spacial score (nSPS) is 14.8. The maximum Gasteiger partial charge on any atom is 0.432 e. The Balaban J connectivity index is 4.55. The van der Waals surface area contributed by atoms with Gasteiger partial charge < -0.3 is 0 Å². The zero-order chi connectivity index (χ0) is 30.2. The second-order valence-electron chi connectivity index (χ2n) is 7.09. The third-order valence-corrected chi connectivity index (χ3v) is 6.73. The van der Waals surface area contributed by atoms with Crippen molar-refractivity contribution in [3.63, 3.8) is 0 Å². The lowest BCUT2D eigenvalue weighted by Gasteiger charge is -2.42. The predicted octanol–water partition coefficient (Wildman–Crippen LogP) is 5.39. The molecule has 1 rings (SSSR count). The third kappa shape index (κ3) is 6.12. The van der Waals surface area contributed by atoms with Crippen molar-refractivity contribution >= 4 is 20.2 Å². The molecule has 0 aliphatic rings. The molecule has 0 bridgehead atoms. The Morgan fingerprint density at radius 1 is 0.579 bits per heavy atom. The van der Waals surface area contributed by atoms with Crippen LogP contribution in [0.1, 0.15) is 11.1 Å². The van der Waals surface area contributed by atoms with Crippen molar-refractivity contribution in [1.82, 2.24) is 0 Å². The Morgan fingerprint density at radius 3 is 1.00 bits per heavy atom. The highest BCUT2D eigenvalue weighted by atomic mass is 32.2. The van der Waals surface area contributed by atoms with Crippen molar-refractivity contribution in [1.29, 1.82) is 0 Å². The Kier molecular flexibility index (Phi) is 9.17. The zero-order valence-electron chi connectivity index (χ0n) is 18.1. The molecule has 1 aromatic carbocycles. The van der Waals surface area contributed by atoms with Crippen LogP contribution >= 0.6 is 0 Å². The summed E-state index contributed by atoms with van der Waals surface area (Å²) in [6.45, 7) is 5.48. The zero-order valence-corrected chi connectivity index (χ0v) is 19.7. The van der Waals surface area contributed by atoms with Crippen molar-refractivity contribution in [2.75, 3.05) is 11.5 Å². The van der Waals surface area contributed by atoms with Crippen LogP contribution in [0.2, 0.25) is 0 Å². The maximum absolute atomic E-state index is 14.1. The van der Waals surface area contributed by atoms with Gasteiger partial charge in [0.2, 0.25) is 0 Å². The second kappa shape index (κ2) is 10.3. The van der Waals surface area contributed by atoms with E-state index < -0.39 is 90.9 Å². The standard InChI is InChI=1S/C18H14F12O6S2/c1-3-9-37(31,32)35-13(15(19,20)21,16(22,23)24)11-7-5-6-8-12(11)14(17(25,26)27,18(28,29)30)36-38(33,34)10-4-2/h3-8H,1-2,9-10H2. The molecule has 0 saturated heterocycles. The van der Waals surface area contributed by atoms with E-state index in [2.05, 4.69) is 21.5 Å². The molecular formula is C18H14F12O6S2. The van der Waals surface area contributed by atoms with Gasteiger partial charge >= 0.3 is 35.9 Å². The van der Waals surface area contributed by atoms with Gasteiger partial charge in [-0.1, -0.05) is 36.4 Å². The van der Waals surface area contributed by atoms with Crippen LogP contribution in [-0.4, -0.2) is 53.0 Å². The van der Waals surface area contributed by atoms with Crippen molar-refractivity contribution in [2.45, 2.75) is 35.9 Å². The molecule has 0 aromatic heterocycles. The van der Waals surface area contributed by atoms with Crippen LogP contribution in [-0.2, 0) is 39.8 Å². The summed E-state index contributed by atoms with van der Waals surface area (Å²) in [6.07, 6.45) is -28.1. The summed E-state index contributed by atoms with van der Waals surface area (Å²) < 4.78 is 223. The number of benzene rings is 1. The number of halogens is 12. The van der Waals surface area contributed by atoms with Crippen molar-refractivity contribution in [3.8, 4) is 0 Å². The van der Waals surface area contributed by atoms with Crippen molar-refractivity contribution < 1.29 is 77.9 Å². The highest BCUT2D eigenvalue weighted by Crippen LogP contribution is 2.60. The highest BCUT2D eigenvalue weighted by molar-refractivity contribution is 7.87. The van der Waals surface area contributed by atoms with E-state index in [4.69, 9.17) is 0 Å². The predicted molar refractivity (Wildman–Crippen MR) is 104 cm³/mol. The second-order valence-corrected chi connectivity index (χ2v) is 10.3. The molecule has 0 saturated carbocycles. The van der Waals surface area contributed by atoms with Gasteiger partial charge in [0, 0.05) is 11.1 Å². The SMILES string of the molecule is C=CCS(=O)(=O)OC(c1ccccc1C(OS(=O)(=O)CC=C)(C(F)(F)F)C(F)(F)F)(C(F)(F)F)C(F)(F)F. The van der Waals surface area contributed by atoms with Gasteiger partial charge in [-0.15, -0.1) is 13.2 Å². The number of hydrogen-bond acceptors (Lipinski definition) is 6. The monoisotopic (exact) mass is 618 g/mol. The first-order chi connectivity index (χ1) is 16.8. The number of alkyl halides is 12. The Bertz CT molecular complexity index is 1120. The third-order valence-electron chi connectivity index (χ3n) is 4.43. The van der Waals surface area contributed by atoms with Gasteiger partial charge in [0.05, 0.1) is 11.5 Å². The van der Waals surface area contributed by atoms with Crippen LogP contribution in [0, 0.1) is 0 Å². The van der Waals surface area contributed by atoms with Crippen molar-refractivity contribution in [2.24, 2.45) is 0 Å². The van der Waals surface area contributed by atoms with E-state index in [9.17, 15) is 69.5 Å². The van der Waals surface area contributed by atoms with Gasteiger partial charge in [-0.25, -0.2) is 8.37 Å². The fourth-order valence-corrected chi connectivity index (χ4v) is 5.08. The van der Waals surface area contributed by atoms with Crippen LogP contribution in [0.5, 0.6) is 0 Å². The fourth-order valence-electron chi connectivity index (χ4n) is 3.05. The minimum Gasteiger partial charge on any atom is -0.239 e. The van der Waals surface area contributed by atoms with Crippen LogP contribution in [0.15, 0.2) is 49.6 Å². The first kappa shape index (κ1) is 33.7. The molecule has 1 aromatic rings. The molecule has 0 heterocycles. The molecule has 0 unspecified atom stereocenters. The lowest BCUT2D eigenvalue weighted by atomic mass is 9.80. The summed E-state index contributed by atoms with van der Waals surface area (Å²) in [6, 6.07) is -1.03. The van der Waals surface area contributed by atoms with E-state index in [-0.39, 0.29) is 24.3 Å². The van der Waals surface area contributed by atoms with Gasteiger partial charge in [-0.2, -0.15) is 69.5 Å². The van der Waals surface area contributed by atoms with Gasteiger partial charge in [0.1, 0.15) is 0 Å².